The fourth-order valence-corrected chi connectivity index (χ4v) is 3.87. The molecule has 1 atom stereocenters. The second kappa shape index (κ2) is 5.64. The third-order valence-corrected chi connectivity index (χ3v) is 4.75. The Bertz CT molecular complexity index is 474. The van der Waals surface area contributed by atoms with Crippen LogP contribution in [0.15, 0.2) is 29.8 Å². The third kappa shape index (κ3) is 3.01. The molecule has 0 fully saturated rings. The zero-order valence-electron chi connectivity index (χ0n) is 12.9. The van der Waals surface area contributed by atoms with E-state index in [2.05, 4.69) is 64.2 Å². The van der Waals surface area contributed by atoms with Gasteiger partial charge >= 0.3 is 0 Å². The Morgan fingerprint density at radius 2 is 1.89 bits per heavy atom. The van der Waals surface area contributed by atoms with Crippen molar-refractivity contribution in [3.8, 4) is 0 Å². The SMILES string of the molecule is CCCC(C)(C)C1=Cc2ccccc2C1O[SiH](C)C. The largest absolute Gasteiger partial charge is 0.410 e. The highest BCUT2D eigenvalue weighted by atomic mass is 28.3. The van der Waals surface area contributed by atoms with Crippen LogP contribution >= 0.6 is 0 Å². The molecule has 2 heteroatoms. The first kappa shape index (κ1) is 14.5. The molecule has 19 heavy (non-hydrogen) atoms. The van der Waals surface area contributed by atoms with E-state index < -0.39 is 9.04 Å². The summed E-state index contributed by atoms with van der Waals surface area (Å²) < 4.78 is 6.35. The molecule has 1 aliphatic rings. The molecule has 0 N–H and O–H groups in total. The number of rotatable bonds is 5. The van der Waals surface area contributed by atoms with Crippen molar-refractivity contribution < 1.29 is 4.43 Å². The topological polar surface area (TPSA) is 9.23 Å². The van der Waals surface area contributed by atoms with Crippen molar-refractivity contribution in [3.63, 3.8) is 0 Å². The van der Waals surface area contributed by atoms with Gasteiger partial charge in [0.2, 0.25) is 0 Å². The molecule has 0 saturated heterocycles. The van der Waals surface area contributed by atoms with Gasteiger partial charge in [0.15, 0.2) is 9.04 Å². The van der Waals surface area contributed by atoms with Crippen LogP contribution in [0.4, 0.5) is 0 Å². The minimum absolute atomic E-state index is 0.199. The second-order valence-electron chi connectivity index (χ2n) is 6.43. The minimum Gasteiger partial charge on any atom is -0.410 e. The molecule has 1 nitrogen and oxygen atoms in total. The molecule has 0 radical (unpaired) electrons. The normalized spacial score (nSPS) is 18.6. The summed E-state index contributed by atoms with van der Waals surface area (Å²) in [6.07, 6.45) is 5.00. The monoisotopic (exact) mass is 274 g/mol. The molecule has 0 aliphatic heterocycles. The van der Waals surface area contributed by atoms with Crippen molar-refractivity contribution in [2.24, 2.45) is 5.41 Å². The van der Waals surface area contributed by atoms with Gasteiger partial charge in [0.25, 0.3) is 0 Å². The van der Waals surface area contributed by atoms with Crippen molar-refractivity contribution in [2.75, 3.05) is 0 Å². The molecule has 104 valence electrons. The first-order valence-corrected chi connectivity index (χ1v) is 10.2. The quantitative estimate of drug-likeness (QED) is 0.690. The van der Waals surface area contributed by atoms with E-state index in [0.29, 0.717) is 0 Å². The van der Waals surface area contributed by atoms with E-state index in [1.165, 1.54) is 29.5 Å². The van der Waals surface area contributed by atoms with Crippen LogP contribution in [0.2, 0.25) is 13.1 Å². The summed E-state index contributed by atoms with van der Waals surface area (Å²) in [5.74, 6) is 0. The van der Waals surface area contributed by atoms with Crippen LogP contribution in [0, 0.1) is 5.41 Å². The highest BCUT2D eigenvalue weighted by Gasteiger charge is 2.35. The molecule has 0 heterocycles. The maximum absolute atomic E-state index is 6.35. The maximum Gasteiger partial charge on any atom is 0.172 e. The maximum atomic E-state index is 6.35. The Balaban J connectivity index is 2.38. The fourth-order valence-electron chi connectivity index (χ4n) is 3.03. The average molecular weight is 274 g/mol. The molecule has 0 bridgehead atoms. The predicted molar refractivity (Wildman–Crippen MR) is 85.8 cm³/mol. The Labute approximate surface area is 119 Å². The highest BCUT2D eigenvalue weighted by molar-refractivity contribution is 6.48. The van der Waals surface area contributed by atoms with Gasteiger partial charge in [-0.3, -0.25) is 0 Å². The minimum atomic E-state index is -1.05. The van der Waals surface area contributed by atoms with Crippen molar-refractivity contribution in [1.29, 1.82) is 0 Å². The van der Waals surface area contributed by atoms with Gasteiger partial charge in [0.1, 0.15) is 0 Å². The van der Waals surface area contributed by atoms with Crippen molar-refractivity contribution >= 4 is 15.1 Å². The van der Waals surface area contributed by atoms with E-state index >= 15 is 0 Å². The summed E-state index contributed by atoms with van der Waals surface area (Å²) in [4.78, 5) is 0. The third-order valence-electron chi connectivity index (χ3n) is 3.94. The van der Waals surface area contributed by atoms with Gasteiger partial charge in [-0.05, 0) is 41.6 Å². The average Bonchev–Trinajstić information content (AvgIpc) is 2.68. The smallest absolute Gasteiger partial charge is 0.172 e. The van der Waals surface area contributed by atoms with Gasteiger partial charge in [-0.25, -0.2) is 0 Å². The van der Waals surface area contributed by atoms with Crippen LogP contribution in [0.25, 0.3) is 6.08 Å². The number of hydrogen-bond acceptors (Lipinski definition) is 1. The van der Waals surface area contributed by atoms with E-state index in [-0.39, 0.29) is 11.5 Å². The predicted octanol–water partition coefficient (Wildman–Crippen LogP) is 4.95. The summed E-state index contributed by atoms with van der Waals surface area (Å²) in [7, 11) is -1.05. The number of benzene rings is 1. The summed E-state index contributed by atoms with van der Waals surface area (Å²) in [6, 6.07) is 8.68. The van der Waals surface area contributed by atoms with Gasteiger partial charge in [-0.2, -0.15) is 0 Å². The second-order valence-corrected chi connectivity index (χ2v) is 8.80. The molecule has 1 aromatic carbocycles. The van der Waals surface area contributed by atoms with E-state index in [0.717, 1.165) is 0 Å². The molecule has 0 aromatic heterocycles. The Kier molecular flexibility index (Phi) is 4.31. The van der Waals surface area contributed by atoms with Gasteiger partial charge in [-0.1, -0.05) is 57.5 Å². The molecule has 0 amide bonds. The lowest BCUT2D eigenvalue weighted by Gasteiger charge is -2.32. The first-order valence-electron chi connectivity index (χ1n) is 7.42. The number of hydrogen-bond donors (Lipinski definition) is 0. The number of fused-ring (bicyclic) bond motifs is 1. The molecule has 2 rings (SSSR count). The Hall–Kier alpha value is -0.863. The lowest BCUT2D eigenvalue weighted by Crippen LogP contribution is -2.23. The van der Waals surface area contributed by atoms with Gasteiger partial charge in [0.05, 0.1) is 6.10 Å². The molecule has 1 aromatic rings. The molecular formula is C17H26OSi. The van der Waals surface area contributed by atoms with Crippen LogP contribution in [0.5, 0.6) is 0 Å². The van der Waals surface area contributed by atoms with Crippen molar-refractivity contribution in [1.82, 2.24) is 0 Å². The summed E-state index contributed by atoms with van der Waals surface area (Å²) >= 11 is 0. The first-order chi connectivity index (χ1) is 8.95. The zero-order valence-corrected chi connectivity index (χ0v) is 14.0. The van der Waals surface area contributed by atoms with Gasteiger partial charge in [-0.15, -0.1) is 0 Å². The zero-order chi connectivity index (χ0) is 14.0. The van der Waals surface area contributed by atoms with Gasteiger partial charge < -0.3 is 4.43 Å². The molecule has 1 unspecified atom stereocenters. The lowest BCUT2D eigenvalue weighted by molar-refractivity contribution is 0.212. The molecule has 0 saturated carbocycles. The van der Waals surface area contributed by atoms with Crippen LogP contribution in [0.1, 0.15) is 50.8 Å². The van der Waals surface area contributed by atoms with Crippen molar-refractivity contribution in [3.05, 3.63) is 41.0 Å². The van der Waals surface area contributed by atoms with Gasteiger partial charge in [0, 0.05) is 0 Å². The van der Waals surface area contributed by atoms with E-state index in [4.69, 9.17) is 4.43 Å². The summed E-state index contributed by atoms with van der Waals surface area (Å²) in [5.41, 5.74) is 4.41. The van der Waals surface area contributed by atoms with Crippen molar-refractivity contribution in [2.45, 2.75) is 52.8 Å². The lowest BCUT2D eigenvalue weighted by atomic mass is 9.78. The molecular weight excluding hydrogens is 248 g/mol. The summed E-state index contributed by atoms with van der Waals surface area (Å²) in [6.45, 7) is 11.5. The van der Waals surface area contributed by atoms with Crippen LogP contribution in [0.3, 0.4) is 0 Å². The van der Waals surface area contributed by atoms with Crippen LogP contribution < -0.4 is 0 Å². The Morgan fingerprint density at radius 1 is 1.21 bits per heavy atom. The molecule has 0 spiro atoms. The van der Waals surface area contributed by atoms with E-state index in [9.17, 15) is 0 Å². The fraction of sp³-hybridized carbons (Fsp3) is 0.529. The van der Waals surface area contributed by atoms with Crippen LogP contribution in [-0.4, -0.2) is 9.04 Å². The van der Waals surface area contributed by atoms with Crippen LogP contribution in [-0.2, 0) is 4.43 Å². The standard InChI is InChI=1S/C17H26OSi/c1-6-11-17(2,3)15-12-13-9-7-8-10-14(13)16(15)18-19(4)5/h7-10,12,16,19H,6,11H2,1-5H3. The Morgan fingerprint density at radius 3 is 2.53 bits per heavy atom. The van der Waals surface area contributed by atoms with E-state index in [1.54, 1.807) is 0 Å². The molecule has 1 aliphatic carbocycles. The highest BCUT2D eigenvalue weighted by Crippen LogP contribution is 2.47. The van der Waals surface area contributed by atoms with E-state index in [1.807, 2.05) is 0 Å². The summed E-state index contributed by atoms with van der Waals surface area (Å²) in [5, 5.41) is 0.